The fourth-order valence-corrected chi connectivity index (χ4v) is 3.80. The maximum atomic E-state index is 14.1. The SMILES string of the molecule is CC(=O)N(C)Cc1nn(-c2ccc(F)cc2)c2c1CN(Cc1ccccc1F)CC2. The first-order chi connectivity index (χ1) is 14.4. The quantitative estimate of drug-likeness (QED) is 0.644. The van der Waals surface area contributed by atoms with E-state index >= 15 is 0 Å². The van der Waals surface area contributed by atoms with Gasteiger partial charge in [-0.25, -0.2) is 13.5 Å². The zero-order valence-electron chi connectivity index (χ0n) is 17.1. The third-order valence-electron chi connectivity index (χ3n) is 5.57. The predicted octanol–water partition coefficient (Wildman–Crippen LogP) is 3.69. The van der Waals surface area contributed by atoms with Crippen LogP contribution in [-0.2, 0) is 30.8 Å². The molecule has 156 valence electrons. The summed E-state index contributed by atoms with van der Waals surface area (Å²) >= 11 is 0. The van der Waals surface area contributed by atoms with E-state index in [0.717, 1.165) is 35.6 Å². The van der Waals surface area contributed by atoms with Crippen molar-refractivity contribution in [2.75, 3.05) is 13.6 Å². The third-order valence-corrected chi connectivity index (χ3v) is 5.57. The van der Waals surface area contributed by atoms with Gasteiger partial charge in [0.2, 0.25) is 5.91 Å². The van der Waals surface area contributed by atoms with Gasteiger partial charge in [-0.3, -0.25) is 9.69 Å². The molecular formula is C23H24F2N4O. The predicted molar refractivity (Wildman–Crippen MR) is 110 cm³/mol. The molecule has 3 aromatic rings. The van der Waals surface area contributed by atoms with E-state index in [0.29, 0.717) is 25.2 Å². The zero-order chi connectivity index (χ0) is 21.3. The minimum atomic E-state index is -0.299. The lowest BCUT2D eigenvalue weighted by atomic mass is 10.0. The summed E-state index contributed by atoms with van der Waals surface area (Å²) in [6.45, 7) is 3.80. The first-order valence-corrected chi connectivity index (χ1v) is 9.95. The van der Waals surface area contributed by atoms with Crippen LogP contribution in [0.1, 0.15) is 29.4 Å². The molecular weight excluding hydrogens is 386 g/mol. The molecule has 1 amide bonds. The van der Waals surface area contributed by atoms with Gasteiger partial charge in [0.15, 0.2) is 0 Å². The van der Waals surface area contributed by atoms with Gasteiger partial charge in [-0.05, 0) is 30.3 Å². The standard InChI is InChI=1S/C23H24F2N4O/c1-16(30)27(2)15-22-20-14-28(13-17-5-3-4-6-21(17)25)12-11-23(20)29(26-22)19-9-7-18(24)8-10-19/h3-10H,11-15H2,1-2H3. The van der Waals surface area contributed by atoms with Gasteiger partial charge in [0.1, 0.15) is 11.6 Å². The highest BCUT2D eigenvalue weighted by Crippen LogP contribution is 2.27. The molecule has 0 saturated heterocycles. The van der Waals surface area contributed by atoms with Crippen molar-refractivity contribution in [3.63, 3.8) is 0 Å². The number of benzene rings is 2. The summed E-state index contributed by atoms with van der Waals surface area (Å²) in [5, 5.41) is 4.77. The highest BCUT2D eigenvalue weighted by Gasteiger charge is 2.26. The molecule has 5 nitrogen and oxygen atoms in total. The molecule has 0 unspecified atom stereocenters. The van der Waals surface area contributed by atoms with E-state index in [-0.39, 0.29) is 17.5 Å². The number of carbonyl (C=O) groups is 1. The highest BCUT2D eigenvalue weighted by atomic mass is 19.1. The van der Waals surface area contributed by atoms with Gasteiger partial charge in [0, 0.05) is 51.2 Å². The minimum Gasteiger partial charge on any atom is -0.340 e. The maximum absolute atomic E-state index is 14.1. The number of halogens is 2. The lowest BCUT2D eigenvalue weighted by Gasteiger charge is -2.28. The Morgan fingerprint density at radius 2 is 1.87 bits per heavy atom. The van der Waals surface area contributed by atoms with Crippen LogP contribution in [0.2, 0.25) is 0 Å². The van der Waals surface area contributed by atoms with Gasteiger partial charge in [-0.15, -0.1) is 0 Å². The van der Waals surface area contributed by atoms with Crippen molar-refractivity contribution in [2.24, 2.45) is 0 Å². The van der Waals surface area contributed by atoms with Crippen molar-refractivity contribution in [3.8, 4) is 5.69 Å². The summed E-state index contributed by atoms with van der Waals surface area (Å²) < 4.78 is 29.4. The van der Waals surface area contributed by atoms with Gasteiger partial charge in [0.25, 0.3) is 0 Å². The molecule has 0 radical (unpaired) electrons. The molecule has 0 saturated carbocycles. The molecule has 0 bridgehead atoms. The lowest BCUT2D eigenvalue weighted by Crippen LogP contribution is -2.32. The molecule has 1 aromatic heterocycles. The van der Waals surface area contributed by atoms with E-state index in [1.165, 1.54) is 25.1 Å². The number of hydrogen-bond donors (Lipinski definition) is 0. The number of nitrogens with zero attached hydrogens (tertiary/aromatic N) is 4. The van der Waals surface area contributed by atoms with Gasteiger partial charge in [-0.2, -0.15) is 5.10 Å². The smallest absolute Gasteiger partial charge is 0.219 e. The van der Waals surface area contributed by atoms with Crippen LogP contribution in [0.3, 0.4) is 0 Å². The number of hydrogen-bond acceptors (Lipinski definition) is 3. The normalized spacial score (nSPS) is 13.9. The molecule has 7 heteroatoms. The van der Waals surface area contributed by atoms with E-state index in [2.05, 4.69) is 4.90 Å². The Kier molecular flexibility index (Phi) is 5.63. The van der Waals surface area contributed by atoms with Crippen LogP contribution in [-0.4, -0.2) is 39.1 Å². The number of fused-ring (bicyclic) bond motifs is 1. The second-order valence-corrected chi connectivity index (χ2v) is 7.69. The van der Waals surface area contributed by atoms with E-state index in [1.807, 2.05) is 10.7 Å². The summed E-state index contributed by atoms with van der Waals surface area (Å²) in [5.41, 5.74) is 4.36. The number of aromatic nitrogens is 2. The Morgan fingerprint density at radius 3 is 2.57 bits per heavy atom. The van der Waals surface area contributed by atoms with Gasteiger partial charge >= 0.3 is 0 Å². The molecule has 1 aliphatic heterocycles. The summed E-state index contributed by atoms with van der Waals surface area (Å²) in [4.78, 5) is 15.6. The second kappa shape index (κ2) is 8.36. The number of amides is 1. The summed E-state index contributed by atoms with van der Waals surface area (Å²) in [5.74, 6) is -0.548. The fraction of sp³-hybridized carbons (Fsp3) is 0.304. The van der Waals surface area contributed by atoms with Gasteiger partial charge in [-0.1, -0.05) is 18.2 Å². The molecule has 1 aliphatic rings. The molecule has 0 fully saturated rings. The molecule has 0 atom stereocenters. The number of rotatable bonds is 5. The summed E-state index contributed by atoms with van der Waals surface area (Å²) in [6, 6.07) is 13.0. The second-order valence-electron chi connectivity index (χ2n) is 7.69. The molecule has 4 rings (SSSR count). The van der Waals surface area contributed by atoms with Crippen molar-refractivity contribution in [2.45, 2.75) is 33.0 Å². The Labute approximate surface area is 174 Å². The zero-order valence-corrected chi connectivity index (χ0v) is 17.1. The van der Waals surface area contributed by atoms with Crippen molar-refractivity contribution < 1.29 is 13.6 Å². The van der Waals surface area contributed by atoms with Crippen LogP contribution in [0.25, 0.3) is 5.69 Å². The van der Waals surface area contributed by atoms with E-state index < -0.39 is 0 Å². The first kappa shape index (κ1) is 20.2. The largest absolute Gasteiger partial charge is 0.340 e. The first-order valence-electron chi connectivity index (χ1n) is 9.95. The summed E-state index contributed by atoms with van der Waals surface area (Å²) in [6.07, 6.45) is 0.734. The van der Waals surface area contributed by atoms with Crippen LogP contribution in [0, 0.1) is 11.6 Å². The Hall–Kier alpha value is -3.06. The molecule has 0 N–H and O–H groups in total. The van der Waals surface area contributed by atoms with Crippen LogP contribution >= 0.6 is 0 Å². The molecule has 2 heterocycles. The number of carbonyl (C=O) groups excluding carboxylic acids is 1. The molecule has 2 aromatic carbocycles. The van der Waals surface area contributed by atoms with Crippen molar-refractivity contribution >= 4 is 5.91 Å². The minimum absolute atomic E-state index is 0.0425. The van der Waals surface area contributed by atoms with E-state index in [4.69, 9.17) is 5.10 Å². The maximum Gasteiger partial charge on any atom is 0.219 e. The highest BCUT2D eigenvalue weighted by molar-refractivity contribution is 5.72. The average molecular weight is 410 g/mol. The molecule has 0 spiro atoms. The molecule has 0 aliphatic carbocycles. The van der Waals surface area contributed by atoms with Crippen molar-refractivity contribution in [1.82, 2.24) is 19.6 Å². The van der Waals surface area contributed by atoms with Crippen LogP contribution in [0.4, 0.5) is 8.78 Å². The lowest BCUT2D eigenvalue weighted by molar-refractivity contribution is -0.128. The van der Waals surface area contributed by atoms with Crippen molar-refractivity contribution in [3.05, 3.63) is 82.7 Å². The monoisotopic (exact) mass is 410 g/mol. The Bertz CT molecular complexity index is 1060. The van der Waals surface area contributed by atoms with E-state index in [9.17, 15) is 13.6 Å². The van der Waals surface area contributed by atoms with Gasteiger partial charge in [0.05, 0.1) is 23.6 Å². The van der Waals surface area contributed by atoms with Gasteiger partial charge < -0.3 is 4.90 Å². The topological polar surface area (TPSA) is 41.4 Å². The van der Waals surface area contributed by atoms with Crippen LogP contribution < -0.4 is 0 Å². The van der Waals surface area contributed by atoms with E-state index in [1.54, 1.807) is 36.2 Å². The third kappa shape index (κ3) is 4.11. The van der Waals surface area contributed by atoms with Crippen LogP contribution in [0.5, 0.6) is 0 Å². The Morgan fingerprint density at radius 1 is 1.13 bits per heavy atom. The molecule has 30 heavy (non-hydrogen) atoms. The Balaban J connectivity index is 1.67. The van der Waals surface area contributed by atoms with Crippen molar-refractivity contribution in [1.29, 1.82) is 0 Å². The average Bonchev–Trinajstić information content (AvgIpc) is 3.08. The fourth-order valence-electron chi connectivity index (χ4n) is 3.80. The summed E-state index contributed by atoms with van der Waals surface area (Å²) in [7, 11) is 1.74. The van der Waals surface area contributed by atoms with Crippen LogP contribution in [0.15, 0.2) is 48.5 Å².